The van der Waals surface area contributed by atoms with Crippen LogP contribution >= 0.6 is 11.3 Å². The van der Waals surface area contributed by atoms with Crippen molar-refractivity contribution in [3.05, 3.63) is 46.3 Å². The summed E-state index contributed by atoms with van der Waals surface area (Å²) in [7, 11) is -6.88. The van der Waals surface area contributed by atoms with E-state index in [0.717, 1.165) is 16.0 Å². The molecule has 2 heterocycles. The standard InChI is InChI=1S/C16H20N2O4S3/c1-3-24(19,20)18-9-8-13-5-6-15(10-14(13)11-18)17-25(21,22)16-7-4-12(2)23-16/h4-7,10,17H,3,8-9,11H2,1-2H3. The Balaban J connectivity index is 1.85. The van der Waals surface area contributed by atoms with Gasteiger partial charge in [0.15, 0.2) is 0 Å². The fourth-order valence-corrected chi connectivity index (χ4v) is 6.18. The van der Waals surface area contributed by atoms with Gasteiger partial charge in [0.05, 0.1) is 5.75 Å². The van der Waals surface area contributed by atoms with Gasteiger partial charge >= 0.3 is 0 Å². The lowest BCUT2D eigenvalue weighted by Crippen LogP contribution is -2.36. The van der Waals surface area contributed by atoms with Gasteiger partial charge in [-0.15, -0.1) is 11.3 Å². The smallest absolute Gasteiger partial charge is 0.271 e. The molecule has 0 atom stereocenters. The number of thiophene rings is 1. The highest BCUT2D eigenvalue weighted by atomic mass is 32.2. The van der Waals surface area contributed by atoms with Crippen molar-refractivity contribution < 1.29 is 16.8 Å². The second-order valence-electron chi connectivity index (χ2n) is 5.94. The number of sulfonamides is 2. The van der Waals surface area contributed by atoms with E-state index in [9.17, 15) is 16.8 Å². The lowest BCUT2D eigenvalue weighted by Gasteiger charge is -2.28. The minimum atomic E-state index is -3.63. The zero-order chi connectivity index (χ0) is 18.2. The molecule has 0 bridgehead atoms. The Bertz CT molecular complexity index is 994. The lowest BCUT2D eigenvalue weighted by atomic mass is 10.0. The average molecular weight is 401 g/mol. The van der Waals surface area contributed by atoms with Crippen LogP contribution in [0.1, 0.15) is 22.9 Å². The van der Waals surface area contributed by atoms with Crippen LogP contribution in [0.4, 0.5) is 5.69 Å². The van der Waals surface area contributed by atoms with Gasteiger partial charge in [-0.1, -0.05) is 6.07 Å². The minimum absolute atomic E-state index is 0.0619. The van der Waals surface area contributed by atoms with Crippen LogP contribution in [0.2, 0.25) is 0 Å². The number of hydrogen-bond donors (Lipinski definition) is 1. The van der Waals surface area contributed by atoms with Crippen LogP contribution in [0.25, 0.3) is 0 Å². The molecule has 1 aromatic heterocycles. The zero-order valence-electron chi connectivity index (χ0n) is 14.0. The topological polar surface area (TPSA) is 83.6 Å². The second-order valence-corrected chi connectivity index (χ2v) is 11.4. The Hall–Kier alpha value is -1.42. The summed E-state index contributed by atoms with van der Waals surface area (Å²) in [5.41, 5.74) is 2.34. The highest BCUT2D eigenvalue weighted by Crippen LogP contribution is 2.27. The van der Waals surface area contributed by atoms with Gasteiger partial charge in [0.25, 0.3) is 10.0 Å². The predicted molar refractivity (Wildman–Crippen MR) is 99.9 cm³/mol. The van der Waals surface area contributed by atoms with E-state index in [1.165, 1.54) is 15.6 Å². The summed E-state index contributed by atoms with van der Waals surface area (Å²) in [6.07, 6.45) is 0.631. The Labute approximate surface area is 152 Å². The monoisotopic (exact) mass is 400 g/mol. The van der Waals surface area contributed by atoms with Gasteiger partial charge < -0.3 is 0 Å². The maximum atomic E-state index is 12.4. The zero-order valence-corrected chi connectivity index (χ0v) is 16.5. The maximum Gasteiger partial charge on any atom is 0.271 e. The van der Waals surface area contributed by atoms with Gasteiger partial charge in [-0.05, 0) is 55.7 Å². The molecule has 136 valence electrons. The molecule has 1 aliphatic rings. The summed E-state index contributed by atoms with van der Waals surface area (Å²) < 4.78 is 53.4. The Morgan fingerprint density at radius 1 is 1.12 bits per heavy atom. The molecule has 1 aromatic carbocycles. The Kier molecular flexibility index (Phi) is 4.93. The van der Waals surface area contributed by atoms with Gasteiger partial charge in [0.1, 0.15) is 4.21 Å². The summed E-state index contributed by atoms with van der Waals surface area (Å²) in [5, 5.41) is 0. The fourth-order valence-electron chi connectivity index (χ4n) is 2.78. The molecule has 25 heavy (non-hydrogen) atoms. The van der Waals surface area contributed by atoms with Crippen LogP contribution in [0, 0.1) is 6.92 Å². The maximum absolute atomic E-state index is 12.4. The van der Waals surface area contributed by atoms with Crippen molar-refractivity contribution in [1.29, 1.82) is 0 Å². The fraction of sp³-hybridized carbons (Fsp3) is 0.375. The van der Waals surface area contributed by atoms with E-state index in [1.54, 1.807) is 31.2 Å². The summed E-state index contributed by atoms with van der Waals surface area (Å²) in [6, 6.07) is 8.66. The van der Waals surface area contributed by atoms with Crippen LogP contribution in [0.5, 0.6) is 0 Å². The highest BCUT2D eigenvalue weighted by Gasteiger charge is 2.26. The number of nitrogens with one attached hydrogen (secondary N) is 1. The first-order chi connectivity index (χ1) is 11.7. The van der Waals surface area contributed by atoms with Gasteiger partial charge in [-0.3, -0.25) is 4.72 Å². The Morgan fingerprint density at radius 2 is 1.88 bits per heavy atom. The van der Waals surface area contributed by atoms with Crippen molar-refractivity contribution in [3.8, 4) is 0 Å². The molecule has 9 heteroatoms. The van der Waals surface area contributed by atoms with E-state index in [2.05, 4.69) is 4.72 Å². The van der Waals surface area contributed by atoms with Crippen molar-refractivity contribution in [2.75, 3.05) is 17.0 Å². The molecule has 0 unspecified atom stereocenters. The van der Waals surface area contributed by atoms with Gasteiger partial charge in [0.2, 0.25) is 10.0 Å². The van der Waals surface area contributed by atoms with Crippen LogP contribution in [-0.4, -0.2) is 33.4 Å². The number of fused-ring (bicyclic) bond motifs is 1. The van der Waals surface area contributed by atoms with Crippen molar-refractivity contribution >= 4 is 37.1 Å². The molecule has 1 aliphatic heterocycles. The summed E-state index contributed by atoms with van der Waals surface area (Å²) in [4.78, 5) is 0.922. The molecular weight excluding hydrogens is 380 g/mol. The summed E-state index contributed by atoms with van der Waals surface area (Å²) in [5.74, 6) is 0.0619. The van der Waals surface area contributed by atoms with Crippen molar-refractivity contribution in [1.82, 2.24) is 4.31 Å². The molecule has 0 saturated heterocycles. The van der Waals surface area contributed by atoms with Gasteiger partial charge in [0, 0.05) is 23.7 Å². The molecule has 0 radical (unpaired) electrons. The summed E-state index contributed by atoms with van der Waals surface area (Å²) >= 11 is 1.21. The van der Waals surface area contributed by atoms with Crippen molar-refractivity contribution in [2.45, 2.75) is 31.0 Å². The third-order valence-corrected chi connectivity index (χ3v) is 8.88. The van der Waals surface area contributed by atoms with E-state index < -0.39 is 20.0 Å². The number of hydrogen-bond acceptors (Lipinski definition) is 5. The number of aryl methyl sites for hydroxylation is 1. The minimum Gasteiger partial charge on any atom is -0.279 e. The molecule has 2 aromatic rings. The van der Waals surface area contributed by atoms with Crippen LogP contribution in [0.15, 0.2) is 34.5 Å². The predicted octanol–water partition coefficient (Wildman–Crippen LogP) is 2.57. The number of rotatable bonds is 5. The lowest BCUT2D eigenvalue weighted by molar-refractivity contribution is 0.392. The molecule has 0 saturated carbocycles. The first-order valence-corrected chi connectivity index (χ1v) is 11.8. The molecular formula is C16H20N2O4S3. The van der Waals surface area contributed by atoms with Crippen LogP contribution in [0.3, 0.4) is 0 Å². The Morgan fingerprint density at radius 3 is 2.52 bits per heavy atom. The number of benzene rings is 1. The molecule has 0 aliphatic carbocycles. The number of anilines is 1. The molecule has 3 rings (SSSR count). The molecule has 6 nitrogen and oxygen atoms in total. The molecule has 0 amide bonds. The van der Waals surface area contributed by atoms with Gasteiger partial charge in [-0.25, -0.2) is 16.8 Å². The first-order valence-electron chi connectivity index (χ1n) is 7.90. The van der Waals surface area contributed by atoms with E-state index >= 15 is 0 Å². The second kappa shape index (κ2) is 6.71. The van der Waals surface area contributed by atoms with E-state index in [-0.39, 0.29) is 16.5 Å². The van der Waals surface area contributed by atoms with E-state index in [0.29, 0.717) is 18.7 Å². The SMILES string of the molecule is CCS(=O)(=O)N1CCc2ccc(NS(=O)(=O)c3ccc(C)s3)cc2C1. The average Bonchev–Trinajstić information content (AvgIpc) is 3.01. The quantitative estimate of drug-likeness (QED) is 0.836. The first kappa shape index (κ1) is 18.4. The third kappa shape index (κ3) is 3.89. The highest BCUT2D eigenvalue weighted by molar-refractivity contribution is 7.94. The van der Waals surface area contributed by atoms with E-state index in [1.807, 2.05) is 13.0 Å². The van der Waals surface area contributed by atoms with Gasteiger partial charge in [-0.2, -0.15) is 4.31 Å². The molecule has 0 fully saturated rings. The number of nitrogens with zero attached hydrogens (tertiary/aromatic N) is 1. The normalized spacial score (nSPS) is 15.8. The molecule has 1 N–H and O–H groups in total. The molecule has 0 spiro atoms. The largest absolute Gasteiger partial charge is 0.279 e. The van der Waals surface area contributed by atoms with Crippen molar-refractivity contribution in [2.24, 2.45) is 0 Å². The van der Waals surface area contributed by atoms with Crippen LogP contribution in [-0.2, 0) is 33.0 Å². The summed E-state index contributed by atoms with van der Waals surface area (Å²) in [6.45, 7) is 4.21. The third-order valence-electron chi connectivity index (χ3n) is 4.17. The van der Waals surface area contributed by atoms with Crippen LogP contribution < -0.4 is 4.72 Å². The van der Waals surface area contributed by atoms with Crippen molar-refractivity contribution in [3.63, 3.8) is 0 Å². The van der Waals surface area contributed by atoms with E-state index in [4.69, 9.17) is 0 Å².